The fraction of sp³-hybridized carbons (Fsp3) is 0.500. The van der Waals surface area contributed by atoms with Crippen molar-refractivity contribution in [3.63, 3.8) is 0 Å². The van der Waals surface area contributed by atoms with Crippen LogP contribution in [0.3, 0.4) is 0 Å². The smallest absolute Gasteiger partial charge is 0.156 e. The van der Waals surface area contributed by atoms with Crippen LogP contribution in [0.25, 0.3) is 0 Å². The molecular weight excluding hydrogens is 214 g/mol. The largest absolute Gasteiger partial charge is 0.369 e. The number of nitrogens with one attached hydrogen (secondary N) is 1. The fourth-order valence-corrected chi connectivity index (χ4v) is 1.48. The van der Waals surface area contributed by atoms with E-state index in [-0.39, 0.29) is 5.15 Å². The Kier molecular flexibility index (Phi) is 2.61. The van der Waals surface area contributed by atoms with Crippen LogP contribution in [0.1, 0.15) is 30.1 Å². The second-order valence-electron chi connectivity index (χ2n) is 4.21. The lowest BCUT2D eigenvalue weighted by molar-refractivity contribution is 0.112. The van der Waals surface area contributed by atoms with Crippen molar-refractivity contribution >= 4 is 23.7 Å². The summed E-state index contributed by atoms with van der Waals surface area (Å²) in [6, 6.07) is 0. The predicted octanol–water partition coefficient (Wildman–Crippen LogP) is 2.15. The van der Waals surface area contributed by atoms with Crippen LogP contribution in [-0.4, -0.2) is 22.8 Å². The van der Waals surface area contributed by atoms with Gasteiger partial charge in [0, 0.05) is 6.54 Å². The molecule has 5 heteroatoms. The minimum atomic E-state index is 0.198. The first kappa shape index (κ1) is 10.4. The van der Waals surface area contributed by atoms with Crippen molar-refractivity contribution in [1.82, 2.24) is 9.97 Å². The lowest BCUT2D eigenvalue weighted by atomic mass is 10.1. The lowest BCUT2D eigenvalue weighted by Gasteiger charge is -2.11. The highest BCUT2D eigenvalue weighted by atomic mass is 35.5. The van der Waals surface area contributed by atoms with Gasteiger partial charge in [-0.2, -0.15) is 0 Å². The summed E-state index contributed by atoms with van der Waals surface area (Å²) < 4.78 is 0. The zero-order chi connectivity index (χ0) is 10.9. The number of anilines is 1. The van der Waals surface area contributed by atoms with Crippen molar-refractivity contribution in [2.75, 3.05) is 11.9 Å². The standard InChI is InChI=1S/C10H12ClN3O/c1-10(2-3-10)5-12-9-7(4-15)8(11)13-6-14-9/h4,6H,2-3,5H2,1H3,(H,12,13,14). The molecule has 80 valence electrons. The van der Waals surface area contributed by atoms with E-state index in [9.17, 15) is 4.79 Å². The zero-order valence-electron chi connectivity index (χ0n) is 8.46. The van der Waals surface area contributed by atoms with Gasteiger partial charge in [0.25, 0.3) is 0 Å². The van der Waals surface area contributed by atoms with Crippen molar-refractivity contribution in [3.8, 4) is 0 Å². The number of halogens is 1. The quantitative estimate of drug-likeness (QED) is 0.630. The van der Waals surface area contributed by atoms with Gasteiger partial charge in [0.2, 0.25) is 0 Å². The van der Waals surface area contributed by atoms with E-state index in [0.717, 1.165) is 6.54 Å². The van der Waals surface area contributed by atoms with E-state index in [1.807, 2.05) is 0 Å². The Hall–Kier alpha value is -1.16. The van der Waals surface area contributed by atoms with Gasteiger partial charge in [0.15, 0.2) is 6.29 Å². The number of nitrogens with zero attached hydrogens (tertiary/aromatic N) is 2. The third-order valence-corrected chi connectivity index (χ3v) is 3.04. The summed E-state index contributed by atoms with van der Waals surface area (Å²) in [6.07, 6.45) is 4.47. The average Bonchev–Trinajstić information content (AvgIpc) is 2.94. The summed E-state index contributed by atoms with van der Waals surface area (Å²) in [5, 5.41) is 3.34. The maximum absolute atomic E-state index is 10.8. The van der Waals surface area contributed by atoms with E-state index in [4.69, 9.17) is 11.6 Å². The number of aldehydes is 1. The van der Waals surface area contributed by atoms with Gasteiger partial charge >= 0.3 is 0 Å². The molecule has 0 bridgehead atoms. The zero-order valence-corrected chi connectivity index (χ0v) is 9.21. The molecule has 0 aliphatic heterocycles. The van der Waals surface area contributed by atoms with Crippen LogP contribution in [0.5, 0.6) is 0 Å². The van der Waals surface area contributed by atoms with E-state index in [1.165, 1.54) is 19.2 Å². The maximum atomic E-state index is 10.8. The molecule has 0 saturated heterocycles. The van der Waals surface area contributed by atoms with Gasteiger partial charge in [-0.1, -0.05) is 18.5 Å². The predicted molar refractivity (Wildman–Crippen MR) is 58.3 cm³/mol. The number of aromatic nitrogens is 2. The molecule has 1 fully saturated rings. The Morgan fingerprint density at radius 1 is 1.60 bits per heavy atom. The molecule has 0 radical (unpaired) electrons. The van der Waals surface area contributed by atoms with Crippen molar-refractivity contribution in [3.05, 3.63) is 17.0 Å². The highest BCUT2D eigenvalue weighted by Crippen LogP contribution is 2.44. The SMILES string of the molecule is CC1(CNc2ncnc(Cl)c2C=O)CC1. The molecule has 1 N–H and O–H groups in total. The van der Waals surface area contributed by atoms with Crippen LogP contribution in [0.15, 0.2) is 6.33 Å². The molecule has 0 spiro atoms. The lowest BCUT2D eigenvalue weighted by Crippen LogP contribution is -2.14. The number of carbonyl (C=O) groups excluding carboxylic acids is 1. The molecular formula is C10H12ClN3O. The van der Waals surface area contributed by atoms with Crippen LogP contribution >= 0.6 is 11.6 Å². The minimum absolute atomic E-state index is 0.198. The monoisotopic (exact) mass is 225 g/mol. The Morgan fingerprint density at radius 3 is 2.93 bits per heavy atom. The van der Waals surface area contributed by atoms with Gasteiger partial charge < -0.3 is 5.32 Å². The van der Waals surface area contributed by atoms with E-state index < -0.39 is 0 Å². The summed E-state index contributed by atoms with van der Waals surface area (Å²) in [4.78, 5) is 18.5. The van der Waals surface area contributed by atoms with Gasteiger partial charge in [-0.25, -0.2) is 9.97 Å². The van der Waals surface area contributed by atoms with Crippen LogP contribution in [0, 0.1) is 5.41 Å². The van der Waals surface area contributed by atoms with Crippen LogP contribution in [0.2, 0.25) is 5.15 Å². The van der Waals surface area contributed by atoms with Crippen LogP contribution in [-0.2, 0) is 0 Å². The summed E-state index contributed by atoms with van der Waals surface area (Å²) in [5.41, 5.74) is 0.695. The van der Waals surface area contributed by atoms with Gasteiger partial charge in [0.05, 0.1) is 5.56 Å². The molecule has 1 aromatic rings. The first-order valence-corrected chi connectivity index (χ1v) is 5.22. The summed E-state index contributed by atoms with van der Waals surface area (Å²) in [6.45, 7) is 3.02. The molecule has 2 rings (SSSR count). The molecule has 1 saturated carbocycles. The minimum Gasteiger partial charge on any atom is -0.369 e. The van der Waals surface area contributed by atoms with Crippen LogP contribution in [0.4, 0.5) is 5.82 Å². The first-order chi connectivity index (χ1) is 7.14. The highest BCUT2D eigenvalue weighted by molar-refractivity contribution is 6.32. The van der Waals surface area contributed by atoms with Gasteiger partial charge in [-0.3, -0.25) is 4.79 Å². The molecule has 1 aromatic heterocycles. The fourth-order valence-electron chi connectivity index (χ4n) is 1.31. The Balaban J connectivity index is 2.13. The Labute approximate surface area is 93.1 Å². The summed E-state index contributed by atoms with van der Waals surface area (Å²) in [7, 11) is 0. The Bertz CT molecular complexity index is 390. The van der Waals surface area contributed by atoms with Gasteiger partial charge in [-0.05, 0) is 18.3 Å². The Morgan fingerprint density at radius 2 is 2.33 bits per heavy atom. The molecule has 1 aliphatic rings. The topological polar surface area (TPSA) is 54.9 Å². The van der Waals surface area contributed by atoms with Crippen molar-refractivity contribution < 1.29 is 4.79 Å². The number of hydrogen-bond donors (Lipinski definition) is 1. The molecule has 1 aliphatic carbocycles. The van der Waals surface area contributed by atoms with E-state index >= 15 is 0 Å². The van der Waals surface area contributed by atoms with Crippen molar-refractivity contribution in [1.29, 1.82) is 0 Å². The second kappa shape index (κ2) is 3.77. The van der Waals surface area contributed by atoms with E-state index in [2.05, 4.69) is 22.2 Å². The van der Waals surface area contributed by atoms with E-state index in [1.54, 1.807) is 0 Å². The average molecular weight is 226 g/mol. The molecule has 0 unspecified atom stereocenters. The van der Waals surface area contributed by atoms with E-state index in [0.29, 0.717) is 23.1 Å². The summed E-state index contributed by atoms with van der Waals surface area (Å²) >= 11 is 5.77. The van der Waals surface area contributed by atoms with Crippen molar-refractivity contribution in [2.45, 2.75) is 19.8 Å². The van der Waals surface area contributed by atoms with Gasteiger partial charge in [0.1, 0.15) is 17.3 Å². The number of carbonyl (C=O) groups is 1. The highest BCUT2D eigenvalue weighted by Gasteiger charge is 2.37. The molecule has 15 heavy (non-hydrogen) atoms. The number of hydrogen-bond acceptors (Lipinski definition) is 4. The molecule has 1 heterocycles. The number of rotatable bonds is 4. The van der Waals surface area contributed by atoms with Crippen molar-refractivity contribution in [2.24, 2.45) is 5.41 Å². The molecule has 0 aromatic carbocycles. The molecule has 0 atom stereocenters. The third kappa shape index (κ3) is 2.26. The first-order valence-electron chi connectivity index (χ1n) is 4.84. The molecule has 4 nitrogen and oxygen atoms in total. The maximum Gasteiger partial charge on any atom is 0.156 e. The summed E-state index contributed by atoms with van der Waals surface area (Å²) in [5.74, 6) is 0.526. The second-order valence-corrected chi connectivity index (χ2v) is 4.57. The van der Waals surface area contributed by atoms with Gasteiger partial charge in [-0.15, -0.1) is 0 Å². The third-order valence-electron chi connectivity index (χ3n) is 2.74. The van der Waals surface area contributed by atoms with Crippen LogP contribution < -0.4 is 5.32 Å². The molecule has 0 amide bonds. The normalized spacial score (nSPS) is 17.2.